The van der Waals surface area contributed by atoms with E-state index in [9.17, 15) is 0 Å². The molecule has 4 rings (SSSR count). The van der Waals surface area contributed by atoms with E-state index in [1.165, 1.54) is 22.2 Å². The van der Waals surface area contributed by atoms with Crippen LogP contribution in [0.3, 0.4) is 0 Å². The Hall–Kier alpha value is -1.77. The van der Waals surface area contributed by atoms with E-state index < -0.39 is 0 Å². The summed E-state index contributed by atoms with van der Waals surface area (Å²) in [5.74, 6) is 0. The predicted molar refractivity (Wildman–Crippen MR) is 87.6 cm³/mol. The molecule has 0 bridgehead atoms. The van der Waals surface area contributed by atoms with Crippen molar-refractivity contribution in [2.45, 2.75) is 19.5 Å². The van der Waals surface area contributed by atoms with E-state index in [0.29, 0.717) is 0 Å². The van der Waals surface area contributed by atoms with Crippen molar-refractivity contribution in [2.24, 2.45) is 0 Å². The molecule has 1 N–H and O–H groups in total. The first-order chi connectivity index (χ1) is 10.3. The molecule has 0 atom stereocenters. The minimum atomic E-state index is 0.816. The summed E-state index contributed by atoms with van der Waals surface area (Å²) in [6.07, 6.45) is 1.06. The number of halogens is 1. The van der Waals surface area contributed by atoms with Crippen LogP contribution in [0.4, 0.5) is 0 Å². The van der Waals surface area contributed by atoms with Crippen molar-refractivity contribution in [2.75, 3.05) is 6.54 Å². The summed E-state index contributed by atoms with van der Waals surface area (Å²) in [6, 6.07) is 16.8. The zero-order chi connectivity index (χ0) is 14.2. The Morgan fingerprint density at radius 3 is 2.76 bits per heavy atom. The standard InChI is InChI=1S/C18H17ClN2/c19-16-8-4-7-14-15-12-21(10-9-17(15)20-18(14)16)11-13-5-2-1-3-6-13/h1-8,20H,9-12H2. The first-order valence-electron chi connectivity index (χ1n) is 7.35. The highest BCUT2D eigenvalue weighted by atomic mass is 35.5. The lowest BCUT2D eigenvalue weighted by Gasteiger charge is -2.27. The summed E-state index contributed by atoms with van der Waals surface area (Å²) < 4.78 is 0. The van der Waals surface area contributed by atoms with Crippen LogP contribution >= 0.6 is 11.6 Å². The third-order valence-corrected chi connectivity index (χ3v) is 4.60. The van der Waals surface area contributed by atoms with Gasteiger partial charge in [0.15, 0.2) is 0 Å². The summed E-state index contributed by atoms with van der Waals surface area (Å²) in [5, 5.41) is 2.09. The molecule has 1 aromatic heterocycles. The minimum absolute atomic E-state index is 0.816. The van der Waals surface area contributed by atoms with E-state index in [0.717, 1.165) is 36.6 Å². The second kappa shape index (κ2) is 5.21. The van der Waals surface area contributed by atoms with Crippen LogP contribution < -0.4 is 0 Å². The average Bonchev–Trinajstić information content (AvgIpc) is 2.88. The third kappa shape index (κ3) is 2.35. The normalized spacial score (nSPS) is 15.3. The average molecular weight is 297 g/mol. The van der Waals surface area contributed by atoms with Gasteiger partial charge < -0.3 is 4.98 Å². The van der Waals surface area contributed by atoms with Gasteiger partial charge in [0, 0.05) is 37.1 Å². The summed E-state index contributed by atoms with van der Waals surface area (Å²) in [5.41, 5.74) is 5.22. The van der Waals surface area contributed by atoms with Crippen molar-refractivity contribution in [1.82, 2.24) is 9.88 Å². The van der Waals surface area contributed by atoms with Crippen molar-refractivity contribution in [3.05, 3.63) is 70.4 Å². The zero-order valence-corrected chi connectivity index (χ0v) is 12.5. The van der Waals surface area contributed by atoms with E-state index in [1.54, 1.807) is 0 Å². The van der Waals surface area contributed by atoms with Crippen molar-refractivity contribution in [3.63, 3.8) is 0 Å². The molecule has 1 aliphatic heterocycles. The molecule has 3 heteroatoms. The maximum atomic E-state index is 6.30. The highest BCUT2D eigenvalue weighted by molar-refractivity contribution is 6.35. The largest absolute Gasteiger partial charge is 0.357 e. The topological polar surface area (TPSA) is 19.0 Å². The maximum absolute atomic E-state index is 6.30. The van der Waals surface area contributed by atoms with Gasteiger partial charge in [-0.3, -0.25) is 4.90 Å². The van der Waals surface area contributed by atoms with Crippen LogP contribution in [0, 0.1) is 0 Å². The van der Waals surface area contributed by atoms with E-state index >= 15 is 0 Å². The van der Waals surface area contributed by atoms with Crippen LogP contribution in [0.2, 0.25) is 5.02 Å². The fourth-order valence-electron chi connectivity index (χ4n) is 3.23. The number of hydrogen-bond acceptors (Lipinski definition) is 1. The van der Waals surface area contributed by atoms with Crippen LogP contribution in [0.5, 0.6) is 0 Å². The highest BCUT2D eigenvalue weighted by Crippen LogP contribution is 2.31. The Balaban J connectivity index is 1.65. The van der Waals surface area contributed by atoms with Gasteiger partial charge in [-0.15, -0.1) is 0 Å². The Morgan fingerprint density at radius 1 is 1.05 bits per heavy atom. The molecule has 0 fully saturated rings. The molecule has 0 aliphatic carbocycles. The van der Waals surface area contributed by atoms with Crippen molar-refractivity contribution < 1.29 is 0 Å². The van der Waals surface area contributed by atoms with Gasteiger partial charge in [0.05, 0.1) is 10.5 Å². The number of fused-ring (bicyclic) bond motifs is 3. The number of aromatic amines is 1. The van der Waals surface area contributed by atoms with Crippen LogP contribution in [-0.4, -0.2) is 16.4 Å². The second-order valence-electron chi connectivity index (χ2n) is 5.69. The maximum Gasteiger partial charge on any atom is 0.0648 e. The number of hydrogen-bond donors (Lipinski definition) is 1. The van der Waals surface area contributed by atoms with Crippen LogP contribution in [0.25, 0.3) is 10.9 Å². The molecule has 2 aromatic carbocycles. The Kier molecular flexibility index (Phi) is 3.21. The van der Waals surface area contributed by atoms with Gasteiger partial charge in [0.1, 0.15) is 0 Å². The highest BCUT2D eigenvalue weighted by Gasteiger charge is 2.21. The molecule has 0 radical (unpaired) electrons. The van der Waals surface area contributed by atoms with Gasteiger partial charge in [0.25, 0.3) is 0 Å². The second-order valence-corrected chi connectivity index (χ2v) is 6.10. The molecule has 0 saturated carbocycles. The fraction of sp³-hybridized carbons (Fsp3) is 0.222. The number of benzene rings is 2. The molecule has 0 saturated heterocycles. The van der Waals surface area contributed by atoms with Gasteiger partial charge in [-0.05, 0) is 17.2 Å². The number of nitrogens with zero attached hydrogens (tertiary/aromatic N) is 1. The number of H-pyrrole nitrogens is 1. The zero-order valence-electron chi connectivity index (χ0n) is 11.8. The molecule has 1 aliphatic rings. The quantitative estimate of drug-likeness (QED) is 0.743. The molecule has 2 heterocycles. The van der Waals surface area contributed by atoms with Crippen LogP contribution in [0.15, 0.2) is 48.5 Å². The molecule has 0 amide bonds. The first kappa shape index (κ1) is 12.9. The fourth-order valence-corrected chi connectivity index (χ4v) is 3.46. The molecule has 0 spiro atoms. The van der Waals surface area contributed by atoms with Gasteiger partial charge in [-0.2, -0.15) is 0 Å². The van der Waals surface area contributed by atoms with E-state index in [2.05, 4.69) is 46.3 Å². The first-order valence-corrected chi connectivity index (χ1v) is 7.73. The van der Waals surface area contributed by atoms with E-state index in [-0.39, 0.29) is 0 Å². The minimum Gasteiger partial charge on any atom is -0.357 e. The monoisotopic (exact) mass is 296 g/mol. The Bertz CT molecular complexity index is 777. The molecule has 21 heavy (non-hydrogen) atoms. The number of rotatable bonds is 2. The molecule has 3 aromatic rings. The lowest BCUT2D eigenvalue weighted by molar-refractivity contribution is 0.245. The molecule has 0 unspecified atom stereocenters. The summed E-state index contributed by atoms with van der Waals surface area (Å²) in [7, 11) is 0. The lowest BCUT2D eigenvalue weighted by atomic mass is 10.0. The predicted octanol–water partition coefficient (Wildman–Crippen LogP) is 4.38. The number of aromatic nitrogens is 1. The third-order valence-electron chi connectivity index (χ3n) is 4.29. The molecule has 2 nitrogen and oxygen atoms in total. The van der Waals surface area contributed by atoms with Crippen LogP contribution in [-0.2, 0) is 19.5 Å². The van der Waals surface area contributed by atoms with Crippen molar-refractivity contribution in [1.29, 1.82) is 0 Å². The lowest BCUT2D eigenvalue weighted by Crippen LogP contribution is -2.29. The van der Waals surface area contributed by atoms with Gasteiger partial charge in [-0.1, -0.05) is 54.1 Å². The SMILES string of the molecule is Clc1cccc2c3c([nH]c12)CCN(Cc1ccccc1)C3. The summed E-state index contributed by atoms with van der Waals surface area (Å²) in [6.45, 7) is 3.09. The van der Waals surface area contributed by atoms with Crippen molar-refractivity contribution >= 4 is 22.5 Å². The Labute approximate surface area is 129 Å². The van der Waals surface area contributed by atoms with Crippen molar-refractivity contribution in [3.8, 4) is 0 Å². The number of para-hydroxylation sites is 1. The van der Waals surface area contributed by atoms with Gasteiger partial charge in [0.2, 0.25) is 0 Å². The summed E-state index contributed by atoms with van der Waals surface area (Å²) >= 11 is 6.30. The van der Waals surface area contributed by atoms with Gasteiger partial charge in [-0.25, -0.2) is 0 Å². The summed E-state index contributed by atoms with van der Waals surface area (Å²) in [4.78, 5) is 6.02. The van der Waals surface area contributed by atoms with E-state index in [4.69, 9.17) is 11.6 Å². The molecular weight excluding hydrogens is 280 g/mol. The van der Waals surface area contributed by atoms with E-state index in [1.807, 2.05) is 12.1 Å². The van der Waals surface area contributed by atoms with Crippen LogP contribution in [0.1, 0.15) is 16.8 Å². The molecular formula is C18H17ClN2. The molecule has 106 valence electrons. The Morgan fingerprint density at radius 2 is 1.90 bits per heavy atom. The smallest absolute Gasteiger partial charge is 0.0648 e. The van der Waals surface area contributed by atoms with Gasteiger partial charge >= 0.3 is 0 Å². The number of nitrogens with one attached hydrogen (secondary N) is 1.